The molecular weight excluding hydrogens is 292 g/mol. The van der Waals surface area contributed by atoms with E-state index in [-0.39, 0.29) is 5.69 Å². The number of thiophene rings is 1. The number of hydrogen-bond acceptors (Lipinski definition) is 5. The van der Waals surface area contributed by atoms with Crippen LogP contribution in [0.3, 0.4) is 0 Å². The van der Waals surface area contributed by atoms with E-state index in [0.29, 0.717) is 16.6 Å². The van der Waals surface area contributed by atoms with Crippen molar-refractivity contribution in [3.05, 3.63) is 31.9 Å². The Kier molecular flexibility index (Phi) is 3.89. The minimum absolute atomic E-state index is 0.131. The highest BCUT2D eigenvalue weighted by Gasteiger charge is 2.16. The van der Waals surface area contributed by atoms with Crippen LogP contribution in [0.15, 0.2) is 12.1 Å². The van der Waals surface area contributed by atoms with E-state index >= 15 is 0 Å². The van der Waals surface area contributed by atoms with Gasteiger partial charge in [-0.3, -0.25) is 0 Å². The van der Waals surface area contributed by atoms with Gasteiger partial charge in [-0.05, 0) is 19.1 Å². The normalized spacial score (nSPS) is 10.6. The van der Waals surface area contributed by atoms with Gasteiger partial charge in [0, 0.05) is 16.8 Å². The molecule has 0 aliphatic rings. The summed E-state index contributed by atoms with van der Waals surface area (Å²) in [5.74, 6) is -0.984. The van der Waals surface area contributed by atoms with Crippen molar-refractivity contribution in [2.24, 2.45) is 0 Å². The summed E-state index contributed by atoms with van der Waals surface area (Å²) in [6, 6.07) is 3.81. The smallest absolute Gasteiger partial charge is 0.355 e. The van der Waals surface area contributed by atoms with Crippen LogP contribution in [0, 0.1) is 6.92 Å². The van der Waals surface area contributed by atoms with Crippen LogP contribution >= 0.6 is 34.3 Å². The first-order valence-corrected chi connectivity index (χ1v) is 7.14. The summed E-state index contributed by atoms with van der Waals surface area (Å²) in [7, 11) is 1.89. The Morgan fingerprint density at radius 3 is 2.72 bits per heavy atom. The van der Waals surface area contributed by atoms with E-state index in [9.17, 15) is 4.79 Å². The van der Waals surface area contributed by atoms with Gasteiger partial charge in [0.25, 0.3) is 0 Å². The third-order valence-electron chi connectivity index (χ3n) is 2.34. The molecule has 0 aliphatic carbocycles. The van der Waals surface area contributed by atoms with E-state index < -0.39 is 5.97 Å². The monoisotopic (exact) mass is 302 g/mol. The van der Waals surface area contributed by atoms with E-state index in [1.165, 1.54) is 22.7 Å². The predicted molar refractivity (Wildman–Crippen MR) is 75.2 cm³/mol. The Hall–Kier alpha value is -1.11. The van der Waals surface area contributed by atoms with Crippen LogP contribution in [-0.4, -0.2) is 23.1 Å². The van der Waals surface area contributed by atoms with Crippen molar-refractivity contribution in [2.75, 3.05) is 11.9 Å². The highest BCUT2D eigenvalue weighted by molar-refractivity contribution is 7.16. The van der Waals surface area contributed by atoms with Crippen molar-refractivity contribution in [3.8, 4) is 0 Å². The summed E-state index contributed by atoms with van der Waals surface area (Å²) in [6.07, 6.45) is 0. The molecule has 7 heteroatoms. The van der Waals surface area contributed by atoms with Gasteiger partial charge in [-0.2, -0.15) is 0 Å². The molecule has 0 atom stereocenters. The van der Waals surface area contributed by atoms with Crippen molar-refractivity contribution in [1.29, 1.82) is 0 Å². The molecule has 18 heavy (non-hydrogen) atoms. The quantitative estimate of drug-likeness (QED) is 0.939. The van der Waals surface area contributed by atoms with E-state index in [1.807, 2.05) is 24.1 Å². The molecule has 0 unspecified atom stereocenters. The molecule has 0 saturated carbocycles. The summed E-state index contributed by atoms with van der Waals surface area (Å²) in [5, 5.41) is 9.67. The topological polar surface area (TPSA) is 53.4 Å². The van der Waals surface area contributed by atoms with Gasteiger partial charge >= 0.3 is 5.97 Å². The van der Waals surface area contributed by atoms with Crippen LogP contribution in [-0.2, 0) is 6.54 Å². The van der Waals surface area contributed by atoms with Crippen LogP contribution < -0.4 is 4.90 Å². The zero-order chi connectivity index (χ0) is 13.3. The highest BCUT2D eigenvalue weighted by atomic mass is 35.5. The lowest BCUT2D eigenvalue weighted by molar-refractivity contribution is 0.0690. The number of hydrogen-bond donors (Lipinski definition) is 1. The van der Waals surface area contributed by atoms with Crippen LogP contribution in [0.4, 0.5) is 5.13 Å². The Morgan fingerprint density at radius 2 is 2.22 bits per heavy atom. The Bertz CT molecular complexity index is 579. The lowest BCUT2D eigenvalue weighted by Crippen LogP contribution is -2.15. The molecule has 0 bridgehead atoms. The zero-order valence-electron chi connectivity index (χ0n) is 9.81. The number of aromatic nitrogens is 1. The number of rotatable bonds is 4. The predicted octanol–water partition coefficient (Wildman–Crippen LogP) is 3.50. The Morgan fingerprint density at radius 1 is 1.50 bits per heavy atom. The van der Waals surface area contributed by atoms with Gasteiger partial charge in [0.15, 0.2) is 10.8 Å². The molecule has 4 nitrogen and oxygen atoms in total. The molecule has 2 rings (SSSR count). The molecule has 1 N–H and O–H groups in total. The third kappa shape index (κ3) is 2.82. The summed E-state index contributed by atoms with van der Waals surface area (Å²) in [5.41, 5.74) is 0.131. The van der Waals surface area contributed by atoms with E-state index in [2.05, 4.69) is 4.98 Å². The first-order valence-electron chi connectivity index (χ1n) is 5.13. The summed E-state index contributed by atoms with van der Waals surface area (Å²) >= 11 is 8.76. The van der Waals surface area contributed by atoms with Gasteiger partial charge in [-0.1, -0.05) is 11.6 Å². The molecule has 0 amide bonds. The molecule has 0 aliphatic heterocycles. The molecule has 0 aromatic carbocycles. The molecular formula is C11H11ClN2O2S2. The van der Waals surface area contributed by atoms with Gasteiger partial charge < -0.3 is 10.0 Å². The van der Waals surface area contributed by atoms with E-state index in [0.717, 1.165) is 9.21 Å². The van der Waals surface area contributed by atoms with Gasteiger partial charge in [-0.15, -0.1) is 22.7 Å². The number of thiazole rings is 1. The maximum atomic E-state index is 10.9. The molecule has 2 heterocycles. The second kappa shape index (κ2) is 5.26. The Labute approximate surface area is 117 Å². The van der Waals surface area contributed by atoms with Gasteiger partial charge in [0.05, 0.1) is 10.9 Å². The molecule has 0 fully saturated rings. The standard InChI is InChI=1S/C11H11ClN2O2S2/c1-6-9(10(15)16)13-11(17-6)14(2)5-7-3-4-8(12)18-7/h3-4H,5H2,1-2H3,(H,15,16). The molecule has 0 saturated heterocycles. The number of aryl methyl sites for hydroxylation is 1. The van der Waals surface area contributed by atoms with Crippen LogP contribution in [0.1, 0.15) is 20.2 Å². The van der Waals surface area contributed by atoms with Crippen LogP contribution in [0.2, 0.25) is 4.34 Å². The number of halogens is 1. The second-order valence-corrected chi connectivity index (χ2v) is 6.75. The van der Waals surface area contributed by atoms with Crippen molar-refractivity contribution < 1.29 is 9.90 Å². The number of carboxylic acids is 1. The summed E-state index contributed by atoms with van der Waals surface area (Å²) in [4.78, 5) is 18.8. The molecule has 2 aromatic rings. The van der Waals surface area contributed by atoms with E-state index in [1.54, 1.807) is 6.92 Å². The summed E-state index contributed by atoms with van der Waals surface area (Å²) in [6.45, 7) is 2.43. The fourth-order valence-corrected chi connectivity index (χ4v) is 3.48. The molecule has 0 spiro atoms. The number of aromatic carboxylic acids is 1. The number of carbonyl (C=O) groups is 1. The average Bonchev–Trinajstić information content (AvgIpc) is 2.85. The SMILES string of the molecule is Cc1sc(N(C)Cc2ccc(Cl)s2)nc1C(=O)O. The van der Waals surface area contributed by atoms with Crippen molar-refractivity contribution in [3.63, 3.8) is 0 Å². The first-order chi connectivity index (χ1) is 8.47. The van der Waals surface area contributed by atoms with Gasteiger partial charge in [0.1, 0.15) is 0 Å². The van der Waals surface area contributed by atoms with Crippen molar-refractivity contribution >= 4 is 45.4 Å². The number of carboxylic acid groups (broad SMARTS) is 1. The minimum atomic E-state index is -0.984. The number of anilines is 1. The van der Waals surface area contributed by atoms with Crippen molar-refractivity contribution in [2.45, 2.75) is 13.5 Å². The summed E-state index contributed by atoms with van der Waals surface area (Å²) < 4.78 is 0.750. The maximum Gasteiger partial charge on any atom is 0.355 e. The van der Waals surface area contributed by atoms with Crippen LogP contribution in [0.5, 0.6) is 0 Å². The lowest BCUT2D eigenvalue weighted by atomic mass is 10.4. The molecule has 2 aromatic heterocycles. The van der Waals surface area contributed by atoms with Gasteiger partial charge in [-0.25, -0.2) is 9.78 Å². The lowest BCUT2D eigenvalue weighted by Gasteiger charge is -2.13. The number of nitrogens with zero attached hydrogens (tertiary/aromatic N) is 2. The second-order valence-electron chi connectivity index (χ2n) is 3.77. The molecule has 96 valence electrons. The largest absolute Gasteiger partial charge is 0.476 e. The van der Waals surface area contributed by atoms with Gasteiger partial charge in [0.2, 0.25) is 0 Å². The molecule has 0 radical (unpaired) electrons. The third-order valence-corrected chi connectivity index (χ3v) is 4.64. The zero-order valence-corrected chi connectivity index (χ0v) is 12.2. The fraction of sp³-hybridized carbons (Fsp3) is 0.273. The average molecular weight is 303 g/mol. The first kappa shape index (κ1) is 13.3. The maximum absolute atomic E-state index is 10.9. The fourth-order valence-electron chi connectivity index (χ4n) is 1.48. The van der Waals surface area contributed by atoms with E-state index in [4.69, 9.17) is 16.7 Å². The van der Waals surface area contributed by atoms with Crippen LogP contribution in [0.25, 0.3) is 0 Å². The minimum Gasteiger partial charge on any atom is -0.476 e. The van der Waals surface area contributed by atoms with Crippen molar-refractivity contribution in [1.82, 2.24) is 4.98 Å². The Balaban J connectivity index is 2.16. The highest BCUT2D eigenvalue weighted by Crippen LogP contribution is 2.28.